The Hall–Kier alpha value is -2.73. The van der Waals surface area contributed by atoms with Crippen LogP contribution in [0.25, 0.3) is 11.0 Å². The van der Waals surface area contributed by atoms with Gasteiger partial charge >= 0.3 is 0 Å². The number of imidazole rings is 1. The number of aryl methyl sites for hydroxylation is 2. The van der Waals surface area contributed by atoms with Crippen molar-refractivity contribution in [3.8, 4) is 0 Å². The fraction of sp³-hybridized carbons (Fsp3) is 0.350. The van der Waals surface area contributed by atoms with Crippen molar-refractivity contribution in [2.45, 2.75) is 26.0 Å². The molecular weight excluding hydrogens is 328 g/mol. The van der Waals surface area contributed by atoms with E-state index in [1.807, 2.05) is 52.8 Å². The van der Waals surface area contributed by atoms with Crippen molar-refractivity contribution < 1.29 is 9.53 Å². The molecule has 0 bridgehead atoms. The number of ether oxygens (including phenoxy) is 1. The Balaban J connectivity index is 1.40. The van der Waals surface area contributed by atoms with Crippen LogP contribution in [0.4, 0.5) is 0 Å². The molecule has 6 heteroatoms. The topological polar surface area (TPSA) is 60.2 Å². The number of fused-ring (bicyclic) bond motifs is 1. The molecule has 0 saturated carbocycles. The Labute approximate surface area is 152 Å². The number of pyridine rings is 1. The van der Waals surface area contributed by atoms with Gasteiger partial charge in [0.15, 0.2) is 0 Å². The zero-order valence-electron chi connectivity index (χ0n) is 14.8. The maximum atomic E-state index is 12.7. The van der Waals surface area contributed by atoms with E-state index in [0.717, 1.165) is 22.3 Å². The molecule has 1 amide bonds. The lowest BCUT2D eigenvalue weighted by Crippen LogP contribution is -2.42. The molecule has 0 N–H and O–H groups in total. The molecule has 2 aromatic heterocycles. The van der Waals surface area contributed by atoms with Crippen LogP contribution in [0.5, 0.6) is 0 Å². The number of carbonyl (C=O) groups excluding carboxylic acids is 1. The summed E-state index contributed by atoms with van der Waals surface area (Å²) in [6.07, 6.45) is 3.98. The number of aromatic nitrogens is 3. The van der Waals surface area contributed by atoms with Crippen LogP contribution in [0, 0.1) is 6.92 Å². The zero-order valence-corrected chi connectivity index (χ0v) is 14.8. The molecule has 4 rings (SSSR count). The highest BCUT2D eigenvalue weighted by atomic mass is 16.5. The van der Waals surface area contributed by atoms with Crippen molar-refractivity contribution in [2.75, 3.05) is 19.7 Å². The number of benzene rings is 1. The van der Waals surface area contributed by atoms with E-state index in [1.165, 1.54) is 0 Å². The highest BCUT2D eigenvalue weighted by Crippen LogP contribution is 2.23. The standard InChI is InChI=1S/C20H22N4O2/c1-15-12-16(6-8-21-15)19-13-23(10-11-26-19)20(25)7-9-24-14-22-17-4-2-3-5-18(17)24/h2-6,8,12,14,19H,7,9-11,13H2,1H3. The van der Waals surface area contributed by atoms with Crippen molar-refractivity contribution in [2.24, 2.45) is 0 Å². The van der Waals surface area contributed by atoms with Gasteiger partial charge in [-0.15, -0.1) is 0 Å². The summed E-state index contributed by atoms with van der Waals surface area (Å²) in [5.74, 6) is 0.154. The average molecular weight is 350 g/mol. The summed E-state index contributed by atoms with van der Waals surface area (Å²) in [5, 5.41) is 0. The first-order valence-corrected chi connectivity index (χ1v) is 8.92. The Morgan fingerprint density at radius 1 is 1.27 bits per heavy atom. The Kier molecular flexibility index (Phi) is 4.67. The minimum absolute atomic E-state index is 0.0801. The highest BCUT2D eigenvalue weighted by Gasteiger charge is 2.25. The maximum Gasteiger partial charge on any atom is 0.224 e. The number of amides is 1. The van der Waals surface area contributed by atoms with Gasteiger partial charge < -0.3 is 14.2 Å². The van der Waals surface area contributed by atoms with Crippen LogP contribution in [0.1, 0.15) is 23.8 Å². The third-order valence-corrected chi connectivity index (χ3v) is 4.81. The molecule has 6 nitrogen and oxygen atoms in total. The second kappa shape index (κ2) is 7.25. The van der Waals surface area contributed by atoms with Gasteiger partial charge in [-0.05, 0) is 36.8 Å². The first-order valence-electron chi connectivity index (χ1n) is 8.92. The highest BCUT2D eigenvalue weighted by molar-refractivity contribution is 5.77. The third kappa shape index (κ3) is 3.46. The van der Waals surface area contributed by atoms with Crippen LogP contribution in [0.3, 0.4) is 0 Å². The first kappa shape index (κ1) is 16.7. The molecule has 0 spiro atoms. The summed E-state index contributed by atoms with van der Waals surface area (Å²) in [6, 6.07) is 12.0. The average Bonchev–Trinajstić information content (AvgIpc) is 3.09. The Bertz CT molecular complexity index is 921. The van der Waals surface area contributed by atoms with E-state index in [1.54, 1.807) is 12.5 Å². The summed E-state index contributed by atoms with van der Waals surface area (Å²) in [7, 11) is 0. The molecule has 1 aliphatic rings. The number of rotatable bonds is 4. The molecule has 134 valence electrons. The molecular formula is C20H22N4O2. The van der Waals surface area contributed by atoms with Crippen LogP contribution in [0.15, 0.2) is 48.9 Å². The Morgan fingerprint density at radius 2 is 2.15 bits per heavy atom. The summed E-state index contributed by atoms with van der Waals surface area (Å²) in [4.78, 5) is 23.2. The second-order valence-corrected chi connectivity index (χ2v) is 6.61. The minimum Gasteiger partial charge on any atom is -0.370 e. The number of hydrogen-bond acceptors (Lipinski definition) is 4. The van der Waals surface area contributed by atoms with Gasteiger partial charge in [-0.1, -0.05) is 12.1 Å². The fourth-order valence-electron chi connectivity index (χ4n) is 3.41. The molecule has 3 heterocycles. The Morgan fingerprint density at radius 3 is 3.04 bits per heavy atom. The zero-order chi connectivity index (χ0) is 17.9. The summed E-state index contributed by atoms with van der Waals surface area (Å²) in [5.41, 5.74) is 4.06. The van der Waals surface area contributed by atoms with Crippen LogP contribution in [0.2, 0.25) is 0 Å². The van der Waals surface area contributed by atoms with E-state index in [4.69, 9.17) is 4.74 Å². The molecule has 3 aromatic rings. The lowest BCUT2D eigenvalue weighted by atomic mass is 10.1. The normalized spacial score (nSPS) is 17.6. The van der Waals surface area contributed by atoms with Gasteiger partial charge in [0.25, 0.3) is 0 Å². The van der Waals surface area contributed by atoms with Gasteiger partial charge in [0.1, 0.15) is 6.10 Å². The van der Waals surface area contributed by atoms with E-state index in [2.05, 4.69) is 9.97 Å². The molecule has 1 saturated heterocycles. The molecule has 0 aliphatic carbocycles. The summed E-state index contributed by atoms with van der Waals surface area (Å²) >= 11 is 0. The van der Waals surface area contributed by atoms with E-state index in [-0.39, 0.29) is 12.0 Å². The lowest BCUT2D eigenvalue weighted by molar-refractivity contribution is -0.139. The minimum atomic E-state index is -0.0801. The molecule has 0 radical (unpaired) electrons. The predicted molar refractivity (Wildman–Crippen MR) is 98.6 cm³/mol. The van der Waals surface area contributed by atoms with E-state index >= 15 is 0 Å². The van der Waals surface area contributed by atoms with Crippen molar-refractivity contribution in [3.05, 3.63) is 60.2 Å². The van der Waals surface area contributed by atoms with E-state index in [0.29, 0.717) is 32.7 Å². The van der Waals surface area contributed by atoms with Gasteiger partial charge in [0.2, 0.25) is 5.91 Å². The predicted octanol–water partition coefficient (Wildman–Crippen LogP) is 2.73. The number of para-hydroxylation sites is 2. The van der Waals surface area contributed by atoms with Gasteiger partial charge in [0, 0.05) is 31.4 Å². The van der Waals surface area contributed by atoms with E-state index in [9.17, 15) is 4.79 Å². The number of morpholine rings is 1. The van der Waals surface area contributed by atoms with Crippen LogP contribution in [-0.2, 0) is 16.1 Å². The monoisotopic (exact) mass is 350 g/mol. The van der Waals surface area contributed by atoms with Crippen molar-refractivity contribution in [1.29, 1.82) is 0 Å². The van der Waals surface area contributed by atoms with E-state index < -0.39 is 0 Å². The molecule has 1 atom stereocenters. The van der Waals surface area contributed by atoms with Gasteiger partial charge in [-0.25, -0.2) is 4.98 Å². The quantitative estimate of drug-likeness (QED) is 0.726. The van der Waals surface area contributed by atoms with Crippen LogP contribution >= 0.6 is 0 Å². The number of hydrogen-bond donors (Lipinski definition) is 0. The SMILES string of the molecule is Cc1cc(C2CN(C(=O)CCn3cnc4ccccc43)CCO2)ccn1. The smallest absolute Gasteiger partial charge is 0.224 e. The summed E-state index contributed by atoms with van der Waals surface area (Å²) in [6.45, 7) is 4.39. The molecule has 1 aliphatic heterocycles. The molecule has 1 unspecified atom stereocenters. The van der Waals surface area contributed by atoms with Crippen molar-refractivity contribution in [1.82, 2.24) is 19.4 Å². The van der Waals surface area contributed by atoms with Gasteiger partial charge in [-0.2, -0.15) is 0 Å². The van der Waals surface area contributed by atoms with Crippen molar-refractivity contribution >= 4 is 16.9 Å². The second-order valence-electron chi connectivity index (χ2n) is 6.61. The third-order valence-electron chi connectivity index (χ3n) is 4.81. The maximum absolute atomic E-state index is 12.7. The molecule has 1 fully saturated rings. The largest absolute Gasteiger partial charge is 0.370 e. The molecule has 26 heavy (non-hydrogen) atoms. The number of nitrogens with zero attached hydrogens (tertiary/aromatic N) is 4. The summed E-state index contributed by atoms with van der Waals surface area (Å²) < 4.78 is 7.91. The van der Waals surface area contributed by atoms with Crippen LogP contribution in [-0.4, -0.2) is 45.0 Å². The first-order chi connectivity index (χ1) is 12.7. The molecule has 1 aromatic carbocycles. The van der Waals surface area contributed by atoms with Gasteiger partial charge in [-0.3, -0.25) is 9.78 Å². The van der Waals surface area contributed by atoms with Crippen molar-refractivity contribution in [3.63, 3.8) is 0 Å². The van der Waals surface area contributed by atoms with Crippen LogP contribution < -0.4 is 0 Å². The lowest BCUT2D eigenvalue weighted by Gasteiger charge is -2.33. The van der Waals surface area contributed by atoms with Gasteiger partial charge in [0.05, 0.1) is 30.5 Å². The number of carbonyl (C=O) groups is 1. The fourth-order valence-corrected chi connectivity index (χ4v) is 3.41.